The van der Waals surface area contributed by atoms with Crippen molar-refractivity contribution in [1.82, 2.24) is 10.2 Å². The lowest BCUT2D eigenvalue weighted by Crippen LogP contribution is -2.37. The van der Waals surface area contributed by atoms with Crippen molar-refractivity contribution in [3.05, 3.63) is 23.7 Å². The summed E-state index contributed by atoms with van der Waals surface area (Å²) in [6, 6.07) is 4.27. The first-order valence-corrected chi connectivity index (χ1v) is 7.31. The molecule has 1 saturated carbocycles. The summed E-state index contributed by atoms with van der Waals surface area (Å²) < 4.78 is 5.90. The molecular formula is C16H28N2O. The standard InChI is InChI=1S/C16H28N2O/c1-12-8-14(12)15-7-6-13(19-15)9-17-10-16(2,3)11-18(4)5/h6-7,12,14,17H,8-11H2,1-5H3. The number of nitrogens with one attached hydrogen (secondary N) is 1. The maximum absolute atomic E-state index is 5.90. The van der Waals surface area contributed by atoms with Gasteiger partial charge in [0.05, 0.1) is 6.54 Å². The Kier molecular flexibility index (Phi) is 4.36. The minimum absolute atomic E-state index is 0.282. The Morgan fingerprint density at radius 2 is 2.05 bits per heavy atom. The highest BCUT2D eigenvalue weighted by Gasteiger charge is 2.36. The normalized spacial score (nSPS) is 23.1. The molecule has 0 aliphatic heterocycles. The van der Waals surface area contributed by atoms with Crippen LogP contribution in [0.1, 0.15) is 44.6 Å². The Morgan fingerprint density at radius 3 is 2.63 bits per heavy atom. The molecule has 0 bridgehead atoms. The summed E-state index contributed by atoms with van der Waals surface area (Å²) >= 11 is 0. The molecule has 0 spiro atoms. The van der Waals surface area contributed by atoms with Gasteiger partial charge in [0.1, 0.15) is 11.5 Å². The quantitative estimate of drug-likeness (QED) is 0.820. The van der Waals surface area contributed by atoms with Crippen molar-refractivity contribution in [3.63, 3.8) is 0 Å². The van der Waals surface area contributed by atoms with E-state index in [-0.39, 0.29) is 5.41 Å². The first kappa shape index (κ1) is 14.6. The van der Waals surface area contributed by atoms with Gasteiger partial charge in [-0.1, -0.05) is 20.8 Å². The van der Waals surface area contributed by atoms with Gasteiger partial charge in [-0.15, -0.1) is 0 Å². The average Bonchev–Trinajstić information content (AvgIpc) is 2.83. The second-order valence-corrected chi connectivity index (χ2v) is 7.13. The predicted molar refractivity (Wildman–Crippen MR) is 79.3 cm³/mol. The third-order valence-corrected chi connectivity index (χ3v) is 3.80. The molecule has 0 saturated heterocycles. The van der Waals surface area contributed by atoms with Crippen molar-refractivity contribution in [2.24, 2.45) is 11.3 Å². The molecule has 3 nitrogen and oxygen atoms in total. The van der Waals surface area contributed by atoms with Gasteiger partial charge in [-0.05, 0) is 44.0 Å². The van der Waals surface area contributed by atoms with Gasteiger partial charge < -0.3 is 14.6 Å². The van der Waals surface area contributed by atoms with Gasteiger partial charge in [-0.25, -0.2) is 0 Å². The average molecular weight is 264 g/mol. The Hall–Kier alpha value is -0.800. The third kappa shape index (κ3) is 4.36. The fraction of sp³-hybridized carbons (Fsp3) is 0.750. The van der Waals surface area contributed by atoms with Crippen molar-refractivity contribution < 1.29 is 4.42 Å². The molecule has 0 amide bonds. The van der Waals surface area contributed by atoms with Crippen molar-refractivity contribution in [2.75, 3.05) is 27.2 Å². The fourth-order valence-corrected chi connectivity index (χ4v) is 2.84. The lowest BCUT2D eigenvalue weighted by Gasteiger charge is -2.28. The van der Waals surface area contributed by atoms with Gasteiger partial charge >= 0.3 is 0 Å². The first-order chi connectivity index (χ1) is 8.87. The lowest BCUT2D eigenvalue weighted by molar-refractivity contribution is 0.230. The van der Waals surface area contributed by atoms with E-state index < -0.39 is 0 Å². The molecule has 1 N–H and O–H groups in total. The van der Waals surface area contributed by atoms with E-state index in [0.717, 1.165) is 31.3 Å². The van der Waals surface area contributed by atoms with Gasteiger partial charge in [0.25, 0.3) is 0 Å². The molecular weight excluding hydrogens is 236 g/mol. The lowest BCUT2D eigenvalue weighted by atomic mass is 9.93. The number of hydrogen-bond donors (Lipinski definition) is 1. The minimum Gasteiger partial charge on any atom is -0.464 e. The van der Waals surface area contributed by atoms with E-state index in [9.17, 15) is 0 Å². The van der Waals surface area contributed by atoms with Crippen LogP contribution in [0.2, 0.25) is 0 Å². The SMILES string of the molecule is CC1CC1c1ccc(CNCC(C)(C)CN(C)C)o1. The highest BCUT2D eigenvalue weighted by atomic mass is 16.3. The maximum atomic E-state index is 5.90. The van der Waals surface area contributed by atoms with Crippen LogP contribution in [-0.2, 0) is 6.54 Å². The molecule has 2 atom stereocenters. The van der Waals surface area contributed by atoms with Crippen LogP contribution < -0.4 is 5.32 Å². The molecule has 1 fully saturated rings. The Labute approximate surface area is 117 Å². The second kappa shape index (κ2) is 5.68. The van der Waals surface area contributed by atoms with Gasteiger partial charge in [0.2, 0.25) is 0 Å². The molecule has 1 aliphatic carbocycles. The molecule has 1 aromatic rings. The summed E-state index contributed by atoms with van der Waals surface area (Å²) in [5.74, 6) is 3.73. The zero-order chi connectivity index (χ0) is 14.0. The molecule has 1 heterocycles. The number of rotatable bonds is 7. The van der Waals surface area contributed by atoms with Crippen LogP contribution >= 0.6 is 0 Å². The van der Waals surface area contributed by atoms with Gasteiger partial charge in [-0.2, -0.15) is 0 Å². The summed E-state index contributed by atoms with van der Waals surface area (Å²) in [6.45, 7) is 9.79. The summed E-state index contributed by atoms with van der Waals surface area (Å²) in [4.78, 5) is 2.24. The number of nitrogens with zero attached hydrogens (tertiary/aromatic N) is 1. The maximum Gasteiger partial charge on any atom is 0.117 e. The first-order valence-electron chi connectivity index (χ1n) is 7.31. The Balaban J connectivity index is 1.75. The van der Waals surface area contributed by atoms with E-state index in [1.807, 2.05) is 0 Å². The monoisotopic (exact) mass is 264 g/mol. The van der Waals surface area contributed by atoms with E-state index >= 15 is 0 Å². The van der Waals surface area contributed by atoms with Crippen LogP contribution in [0.3, 0.4) is 0 Å². The smallest absolute Gasteiger partial charge is 0.117 e. The third-order valence-electron chi connectivity index (χ3n) is 3.80. The Bertz CT molecular complexity index is 409. The van der Waals surface area contributed by atoms with E-state index in [0.29, 0.717) is 5.92 Å². The zero-order valence-electron chi connectivity index (χ0n) is 13.0. The van der Waals surface area contributed by atoms with Crippen LogP contribution in [0.15, 0.2) is 16.5 Å². The zero-order valence-corrected chi connectivity index (χ0v) is 13.0. The topological polar surface area (TPSA) is 28.4 Å². The second-order valence-electron chi connectivity index (χ2n) is 7.13. The molecule has 3 heteroatoms. The summed E-state index contributed by atoms with van der Waals surface area (Å²) in [6.07, 6.45) is 1.29. The van der Waals surface area contributed by atoms with Gasteiger partial charge in [-0.3, -0.25) is 0 Å². The molecule has 1 aliphatic rings. The molecule has 0 radical (unpaired) electrons. The van der Waals surface area contributed by atoms with Crippen LogP contribution in [-0.4, -0.2) is 32.1 Å². The van der Waals surface area contributed by atoms with Gasteiger partial charge in [0, 0.05) is 19.0 Å². The molecule has 108 valence electrons. The van der Waals surface area contributed by atoms with Crippen molar-refractivity contribution >= 4 is 0 Å². The van der Waals surface area contributed by atoms with E-state index in [2.05, 4.69) is 57.2 Å². The van der Waals surface area contributed by atoms with E-state index in [1.54, 1.807) is 0 Å². The summed E-state index contributed by atoms with van der Waals surface area (Å²) in [5, 5.41) is 3.51. The van der Waals surface area contributed by atoms with Crippen LogP contribution in [0, 0.1) is 11.3 Å². The molecule has 2 rings (SSSR count). The number of furan rings is 1. The minimum atomic E-state index is 0.282. The van der Waals surface area contributed by atoms with Gasteiger partial charge in [0.15, 0.2) is 0 Å². The van der Waals surface area contributed by atoms with Crippen LogP contribution in [0.4, 0.5) is 0 Å². The van der Waals surface area contributed by atoms with Crippen molar-refractivity contribution in [1.29, 1.82) is 0 Å². The summed E-state index contributed by atoms with van der Waals surface area (Å²) in [5.41, 5.74) is 0.282. The molecule has 0 aromatic carbocycles. The molecule has 2 unspecified atom stereocenters. The van der Waals surface area contributed by atoms with E-state index in [1.165, 1.54) is 12.2 Å². The predicted octanol–water partition coefficient (Wildman–Crippen LogP) is 3.08. The number of hydrogen-bond acceptors (Lipinski definition) is 3. The van der Waals surface area contributed by atoms with Crippen LogP contribution in [0.25, 0.3) is 0 Å². The van der Waals surface area contributed by atoms with E-state index in [4.69, 9.17) is 4.42 Å². The highest BCUT2D eigenvalue weighted by Crippen LogP contribution is 2.47. The fourth-order valence-electron chi connectivity index (χ4n) is 2.84. The molecule has 1 aromatic heterocycles. The highest BCUT2D eigenvalue weighted by molar-refractivity contribution is 5.17. The van der Waals surface area contributed by atoms with Crippen LogP contribution in [0.5, 0.6) is 0 Å². The van der Waals surface area contributed by atoms with Crippen molar-refractivity contribution in [2.45, 2.75) is 39.7 Å². The largest absolute Gasteiger partial charge is 0.464 e. The summed E-state index contributed by atoms with van der Waals surface area (Å²) in [7, 11) is 4.24. The molecule has 19 heavy (non-hydrogen) atoms. The van der Waals surface area contributed by atoms with Crippen molar-refractivity contribution in [3.8, 4) is 0 Å². The Morgan fingerprint density at radius 1 is 1.37 bits per heavy atom.